The Morgan fingerprint density at radius 3 is 1.03 bits per heavy atom. The fourth-order valence-electron chi connectivity index (χ4n) is 5.24. The second-order valence-electron chi connectivity index (χ2n) is 11.7. The third-order valence-electron chi connectivity index (χ3n) is 7.79. The summed E-state index contributed by atoms with van der Waals surface area (Å²) < 4.78 is 0. The third kappa shape index (κ3) is 22.7. The Balaban J connectivity index is 2.17. The highest BCUT2D eigenvalue weighted by atomic mass is 32.2. The zero-order chi connectivity index (χ0) is 27.4. The third-order valence-corrected chi connectivity index (χ3v) is 9.92. The van der Waals surface area contributed by atoms with Gasteiger partial charge in [-0.05, 0) is 61.0 Å². The van der Waals surface area contributed by atoms with Crippen molar-refractivity contribution in [3.8, 4) is 0 Å². The number of benzene rings is 1. The fourth-order valence-corrected chi connectivity index (χ4v) is 7.37. The number of thioether (sulfide) groups is 2. The van der Waals surface area contributed by atoms with Crippen LogP contribution < -0.4 is 0 Å². The van der Waals surface area contributed by atoms with Crippen molar-refractivity contribution in [3.63, 3.8) is 0 Å². The minimum absolute atomic E-state index is 1.25. The van der Waals surface area contributed by atoms with Gasteiger partial charge in [0.2, 0.25) is 0 Å². The Labute approximate surface area is 249 Å². The average molecular weight is 563 g/mol. The normalized spacial score (nSPS) is 11.4. The van der Waals surface area contributed by atoms with E-state index in [4.69, 9.17) is 0 Å². The van der Waals surface area contributed by atoms with Crippen LogP contribution in [-0.2, 0) is 6.42 Å². The minimum atomic E-state index is 1.25. The van der Waals surface area contributed by atoms with Crippen LogP contribution in [0.5, 0.6) is 0 Å². The molecule has 1 aromatic rings. The van der Waals surface area contributed by atoms with E-state index in [1.807, 2.05) is 0 Å². The van der Waals surface area contributed by atoms with Gasteiger partial charge in [0, 0.05) is 9.79 Å². The van der Waals surface area contributed by atoms with Crippen molar-refractivity contribution >= 4 is 23.5 Å². The molecule has 0 heterocycles. The molecule has 0 bridgehead atoms. The van der Waals surface area contributed by atoms with Crippen molar-refractivity contribution < 1.29 is 0 Å². The predicted molar refractivity (Wildman–Crippen MR) is 179 cm³/mol. The molecule has 222 valence electrons. The quantitative estimate of drug-likeness (QED) is 0.0703. The molecule has 0 atom stereocenters. The Bertz CT molecular complexity index is 565. The van der Waals surface area contributed by atoms with Crippen LogP contribution in [0.15, 0.2) is 28.0 Å². The largest absolute Gasteiger partial charge is 0.126 e. The SMILES string of the molecule is CCCCCCCCCCCCCSc1cc(CCCC)cc(SCCCCCCCCCCCCC)c1. The molecule has 2 heteroatoms. The number of hydrogen-bond acceptors (Lipinski definition) is 2. The first kappa shape index (κ1) is 35.9. The highest BCUT2D eigenvalue weighted by molar-refractivity contribution is 8.00. The van der Waals surface area contributed by atoms with Crippen molar-refractivity contribution in [2.24, 2.45) is 0 Å². The van der Waals surface area contributed by atoms with Crippen LogP contribution >= 0.6 is 23.5 Å². The summed E-state index contributed by atoms with van der Waals surface area (Å²) in [5.74, 6) is 2.58. The molecule has 0 N–H and O–H groups in total. The number of aryl methyl sites for hydroxylation is 1. The lowest BCUT2D eigenvalue weighted by atomic mass is 10.1. The molecule has 0 fully saturated rings. The van der Waals surface area contributed by atoms with Crippen molar-refractivity contribution in [1.29, 1.82) is 0 Å². The van der Waals surface area contributed by atoms with Gasteiger partial charge in [0.15, 0.2) is 0 Å². The molecule has 0 nitrogen and oxygen atoms in total. The summed E-state index contributed by atoms with van der Waals surface area (Å²) in [6.45, 7) is 6.92. The van der Waals surface area contributed by atoms with Crippen LogP contribution in [0.25, 0.3) is 0 Å². The highest BCUT2D eigenvalue weighted by Crippen LogP contribution is 2.29. The first-order valence-electron chi connectivity index (χ1n) is 17.2. The van der Waals surface area contributed by atoms with Gasteiger partial charge in [0.25, 0.3) is 0 Å². The summed E-state index contributed by atoms with van der Waals surface area (Å²) in [5.41, 5.74) is 1.57. The number of hydrogen-bond donors (Lipinski definition) is 0. The molecule has 38 heavy (non-hydrogen) atoms. The summed E-state index contributed by atoms with van der Waals surface area (Å²) in [6, 6.07) is 7.47. The Kier molecular flexibility index (Phi) is 26.9. The van der Waals surface area contributed by atoms with Crippen molar-refractivity contribution in [2.75, 3.05) is 11.5 Å². The molecule has 0 spiro atoms. The van der Waals surface area contributed by atoms with E-state index in [9.17, 15) is 0 Å². The fraction of sp³-hybridized carbons (Fsp3) is 0.833. The van der Waals surface area contributed by atoms with Gasteiger partial charge in [0.1, 0.15) is 0 Å². The van der Waals surface area contributed by atoms with Crippen molar-refractivity contribution in [1.82, 2.24) is 0 Å². The first-order valence-corrected chi connectivity index (χ1v) is 19.2. The zero-order valence-electron chi connectivity index (χ0n) is 26.1. The zero-order valence-corrected chi connectivity index (χ0v) is 27.8. The molecule has 0 amide bonds. The maximum absolute atomic E-state index is 2.49. The molecule has 1 rings (SSSR count). The monoisotopic (exact) mass is 562 g/mol. The molecule has 0 aromatic heterocycles. The van der Waals surface area contributed by atoms with Crippen LogP contribution in [0.1, 0.15) is 180 Å². The van der Waals surface area contributed by atoms with Gasteiger partial charge >= 0.3 is 0 Å². The molecule has 0 aliphatic carbocycles. The molecule has 0 saturated heterocycles. The van der Waals surface area contributed by atoms with E-state index >= 15 is 0 Å². The number of rotatable bonds is 29. The summed E-state index contributed by atoms with van der Waals surface area (Å²) in [4.78, 5) is 3.04. The first-order chi connectivity index (χ1) is 18.8. The van der Waals surface area contributed by atoms with Gasteiger partial charge in [0.05, 0.1) is 0 Å². The maximum atomic E-state index is 2.49. The second kappa shape index (κ2) is 28.4. The second-order valence-corrected chi connectivity index (χ2v) is 14.0. The molecular weight excluding hydrogens is 497 g/mol. The molecule has 0 aliphatic rings. The summed E-state index contributed by atoms with van der Waals surface area (Å²) >= 11 is 4.22. The van der Waals surface area contributed by atoms with Gasteiger partial charge in [-0.2, -0.15) is 0 Å². The van der Waals surface area contributed by atoms with Crippen LogP contribution in [0.3, 0.4) is 0 Å². The lowest BCUT2D eigenvalue weighted by Crippen LogP contribution is -1.90. The highest BCUT2D eigenvalue weighted by Gasteiger charge is 2.04. The Morgan fingerprint density at radius 2 is 0.684 bits per heavy atom. The van der Waals surface area contributed by atoms with E-state index in [1.165, 1.54) is 182 Å². The van der Waals surface area contributed by atoms with Gasteiger partial charge in [-0.15, -0.1) is 23.5 Å². The average Bonchev–Trinajstić information content (AvgIpc) is 2.93. The van der Waals surface area contributed by atoms with Gasteiger partial charge in [-0.25, -0.2) is 0 Å². The van der Waals surface area contributed by atoms with Crippen LogP contribution in [0.4, 0.5) is 0 Å². The standard InChI is InChI=1S/C36H66S2/c1-4-7-10-12-14-16-18-20-22-24-26-29-37-35-31-34(28-9-6-3)32-36(33-35)38-30-27-25-23-21-19-17-15-13-11-8-5-2/h31-33H,4-30H2,1-3H3. The van der Waals surface area contributed by atoms with E-state index in [-0.39, 0.29) is 0 Å². The van der Waals surface area contributed by atoms with Crippen LogP contribution in [-0.4, -0.2) is 11.5 Å². The molecule has 1 aromatic carbocycles. The maximum Gasteiger partial charge on any atom is 0.00858 e. The van der Waals surface area contributed by atoms with Crippen molar-refractivity contribution in [2.45, 2.75) is 191 Å². The van der Waals surface area contributed by atoms with Crippen LogP contribution in [0, 0.1) is 0 Å². The van der Waals surface area contributed by atoms with Crippen molar-refractivity contribution in [3.05, 3.63) is 23.8 Å². The summed E-state index contributed by atoms with van der Waals surface area (Å²) in [5, 5.41) is 0. The molecule has 0 radical (unpaired) electrons. The lowest BCUT2D eigenvalue weighted by molar-refractivity contribution is 0.555. The topological polar surface area (TPSA) is 0 Å². The Morgan fingerprint density at radius 1 is 0.368 bits per heavy atom. The van der Waals surface area contributed by atoms with Crippen LogP contribution in [0.2, 0.25) is 0 Å². The van der Waals surface area contributed by atoms with E-state index in [0.29, 0.717) is 0 Å². The minimum Gasteiger partial charge on any atom is -0.126 e. The molecule has 0 saturated carbocycles. The van der Waals surface area contributed by atoms with Gasteiger partial charge in [-0.3, -0.25) is 0 Å². The lowest BCUT2D eigenvalue weighted by Gasteiger charge is -2.10. The summed E-state index contributed by atoms with van der Waals surface area (Å²) in [7, 11) is 0. The van der Waals surface area contributed by atoms with Gasteiger partial charge in [-0.1, -0.05) is 156 Å². The molecule has 0 aliphatic heterocycles. The number of unbranched alkanes of at least 4 members (excludes halogenated alkanes) is 21. The Hall–Kier alpha value is -0.0800. The van der Waals surface area contributed by atoms with E-state index in [0.717, 1.165) is 0 Å². The van der Waals surface area contributed by atoms with E-state index < -0.39 is 0 Å². The van der Waals surface area contributed by atoms with E-state index in [2.05, 4.69) is 62.5 Å². The smallest absolute Gasteiger partial charge is 0.00858 e. The predicted octanol–water partition coefficient (Wildman–Crippen LogP) is 13.8. The molecular formula is C36H66S2. The summed E-state index contributed by atoms with van der Waals surface area (Å²) in [6.07, 6.45) is 35.4. The molecule has 0 unspecified atom stereocenters. The van der Waals surface area contributed by atoms with Gasteiger partial charge < -0.3 is 0 Å². The van der Waals surface area contributed by atoms with E-state index in [1.54, 1.807) is 5.56 Å².